The zero-order valence-electron chi connectivity index (χ0n) is 22.0. The van der Waals surface area contributed by atoms with Gasteiger partial charge in [0.25, 0.3) is 5.91 Å². The lowest BCUT2D eigenvalue weighted by Gasteiger charge is -2.28. The van der Waals surface area contributed by atoms with Crippen LogP contribution in [-0.2, 0) is 4.79 Å². The molecular weight excluding hydrogens is 484 g/mol. The van der Waals surface area contributed by atoms with Crippen molar-refractivity contribution in [3.63, 3.8) is 0 Å². The molecule has 3 N–H and O–H groups in total. The Morgan fingerprint density at radius 2 is 1.78 bits per heavy atom. The van der Waals surface area contributed by atoms with Crippen molar-refractivity contribution in [1.29, 1.82) is 0 Å². The molecule has 3 aromatic rings. The first-order valence-corrected chi connectivity index (χ1v) is 14.5. The van der Waals surface area contributed by atoms with Crippen molar-refractivity contribution in [2.24, 2.45) is 17.8 Å². The third-order valence-electron chi connectivity index (χ3n) is 7.58. The molecule has 2 fully saturated rings. The summed E-state index contributed by atoms with van der Waals surface area (Å²) in [5.74, 6) is 1.63. The fraction of sp³-hybridized carbons (Fsp3) is 0.500. The van der Waals surface area contributed by atoms with Crippen molar-refractivity contribution in [3.05, 3.63) is 53.6 Å². The Hall–Kier alpha value is -3.07. The number of aryl methyl sites for hydroxylation is 2. The van der Waals surface area contributed by atoms with Gasteiger partial charge >= 0.3 is 0 Å². The number of carbonyl (C=O) groups excluding carboxylic acids is 2. The lowest BCUT2D eigenvalue weighted by atomic mass is 9.88. The summed E-state index contributed by atoms with van der Waals surface area (Å²) >= 11 is 1.72. The highest BCUT2D eigenvalue weighted by Gasteiger charge is 2.48. The quantitative estimate of drug-likeness (QED) is 0.330. The predicted octanol–water partition coefficient (Wildman–Crippen LogP) is 4.99. The molecule has 37 heavy (non-hydrogen) atoms. The highest BCUT2D eigenvalue weighted by molar-refractivity contribution is 7.98. The van der Waals surface area contributed by atoms with E-state index in [9.17, 15) is 9.59 Å². The number of aromatic nitrogens is 4. The van der Waals surface area contributed by atoms with E-state index in [4.69, 9.17) is 0 Å². The first-order chi connectivity index (χ1) is 17.9. The van der Waals surface area contributed by atoms with E-state index in [1.54, 1.807) is 28.7 Å². The summed E-state index contributed by atoms with van der Waals surface area (Å²) in [4.78, 5) is 27.2. The fourth-order valence-electron chi connectivity index (χ4n) is 5.52. The minimum absolute atomic E-state index is 0.0849. The molecule has 2 aliphatic rings. The van der Waals surface area contributed by atoms with Crippen LogP contribution in [0.3, 0.4) is 0 Å². The summed E-state index contributed by atoms with van der Waals surface area (Å²) in [7, 11) is 0. The number of hydrogen-bond acceptors (Lipinski definition) is 5. The maximum Gasteiger partial charge on any atom is 0.270 e. The van der Waals surface area contributed by atoms with Crippen LogP contribution in [0.2, 0.25) is 0 Å². The normalized spacial score (nSPS) is 17.0. The standard InChI is InChI=1S/C28H36N6O2S/c1-16(15-37-4)34-23(13-14-29-34)27(35)31-26(25(20-5-6-20)21-7-8-21)28(36)30-22-11-9-19(10-12-22)24-17(2)32-33-18(24)3/h9-14,16,20-21,25-26H,5-8,15H2,1-4H3,(H,30,36)(H,31,35)(H,32,33)/t16?,26-/m0/s1. The Morgan fingerprint density at radius 3 is 2.35 bits per heavy atom. The average Bonchev–Trinajstić information content (AvgIpc) is 3.81. The lowest BCUT2D eigenvalue weighted by molar-refractivity contribution is -0.119. The van der Waals surface area contributed by atoms with Gasteiger partial charge in [0.15, 0.2) is 0 Å². The molecule has 9 heteroatoms. The number of anilines is 1. The van der Waals surface area contributed by atoms with Crippen LogP contribution in [0.4, 0.5) is 5.69 Å². The molecule has 1 aromatic carbocycles. The average molecular weight is 521 g/mol. The molecule has 2 amide bonds. The molecule has 2 atom stereocenters. The number of carbonyl (C=O) groups is 2. The van der Waals surface area contributed by atoms with E-state index in [1.165, 1.54) is 0 Å². The van der Waals surface area contributed by atoms with Gasteiger partial charge in [0.05, 0.1) is 11.7 Å². The van der Waals surface area contributed by atoms with Gasteiger partial charge in [-0.15, -0.1) is 0 Å². The van der Waals surface area contributed by atoms with Crippen LogP contribution in [0.25, 0.3) is 11.1 Å². The smallest absolute Gasteiger partial charge is 0.270 e. The van der Waals surface area contributed by atoms with Gasteiger partial charge in [0.2, 0.25) is 5.91 Å². The SMILES string of the molecule is CSCC(C)n1nccc1C(=O)N[C@H](C(=O)Nc1ccc(-c2c(C)n[nH]c2C)cc1)C(C1CC1)C1CC1. The van der Waals surface area contributed by atoms with Crippen LogP contribution in [0.1, 0.15) is 60.5 Å². The molecule has 2 aromatic heterocycles. The molecule has 0 radical (unpaired) electrons. The second-order valence-corrected chi connectivity index (χ2v) is 11.5. The molecule has 2 saturated carbocycles. The minimum atomic E-state index is -0.579. The molecule has 8 nitrogen and oxygen atoms in total. The Labute approximate surface area is 222 Å². The van der Waals surface area contributed by atoms with Crippen molar-refractivity contribution < 1.29 is 9.59 Å². The van der Waals surface area contributed by atoms with Crippen LogP contribution >= 0.6 is 11.8 Å². The molecule has 0 spiro atoms. The topological polar surface area (TPSA) is 105 Å². The van der Waals surface area contributed by atoms with E-state index in [2.05, 4.69) is 32.9 Å². The van der Waals surface area contributed by atoms with E-state index >= 15 is 0 Å². The van der Waals surface area contributed by atoms with Crippen LogP contribution in [0.5, 0.6) is 0 Å². The first-order valence-electron chi connectivity index (χ1n) is 13.1. The highest BCUT2D eigenvalue weighted by atomic mass is 32.2. The molecule has 5 rings (SSSR count). The van der Waals surface area contributed by atoms with Gasteiger partial charge < -0.3 is 10.6 Å². The molecule has 0 aliphatic heterocycles. The summed E-state index contributed by atoms with van der Waals surface area (Å²) in [6.45, 7) is 6.03. The highest BCUT2D eigenvalue weighted by Crippen LogP contribution is 2.51. The third kappa shape index (κ3) is 5.61. The van der Waals surface area contributed by atoms with Crippen molar-refractivity contribution in [1.82, 2.24) is 25.3 Å². The number of rotatable bonds is 11. The number of amides is 2. The molecule has 1 unspecified atom stereocenters. The number of H-pyrrole nitrogens is 1. The van der Waals surface area contributed by atoms with E-state index in [-0.39, 0.29) is 23.8 Å². The van der Waals surface area contributed by atoms with Crippen molar-refractivity contribution >= 4 is 29.3 Å². The number of nitrogens with one attached hydrogen (secondary N) is 3. The number of thioether (sulfide) groups is 1. The zero-order chi connectivity index (χ0) is 26.1. The van der Waals surface area contributed by atoms with Gasteiger partial charge in [-0.05, 0) is 94.2 Å². The Kier molecular flexibility index (Phi) is 7.42. The van der Waals surface area contributed by atoms with Crippen molar-refractivity contribution in [2.45, 2.75) is 58.5 Å². The third-order valence-corrected chi connectivity index (χ3v) is 8.40. The van der Waals surface area contributed by atoms with Gasteiger partial charge in [-0.2, -0.15) is 22.0 Å². The van der Waals surface area contributed by atoms with Gasteiger partial charge in [-0.3, -0.25) is 19.4 Å². The first kappa shape index (κ1) is 25.6. The zero-order valence-corrected chi connectivity index (χ0v) is 22.8. The van der Waals surface area contributed by atoms with E-state index in [0.717, 1.165) is 59.6 Å². The van der Waals surface area contributed by atoms with Gasteiger partial charge in [0.1, 0.15) is 11.7 Å². The van der Waals surface area contributed by atoms with Crippen molar-refractivity contribution in [2.75, 3.05) is 17.3 Å². The van der Waals surface area contributed by atoms with Gasteiger partial charge in [-0.25, -0.2) is 0 Å². The summed E-state index contributed by atoms with van der Waals surface area (Å²) < 4.78 is 1.77. The maximum absolute atomic E-state index is 13.7. The van der Waals surface area contributed by atoms with Crippen LogP contribution in [0.15, 0.2) is 36.5 Å². The largest absolute Gasteiger partial charge is 0.339 e. The van der Waals surface area contributed by atoms with Gasteiger partial charge in [-0.1, -0.05) is 12.1 Å². The second-order valence-electron chi connectivity index (χ2n) is 10.5. The molecule has 196 valence electrons. The number of hydrogen-bond donors (Lipinski definition) is 3. The van der Waals surface area contributed by atoms with Crippen molar-refractivity contribution in [3.8, 4) is 11.1 Å². The number of benzene rings is 1. The fourth-order valence-corrected chi connectivity index (χ4v) is 6.14. The minimum Gasteiger partial charge on any atom is -0.339 e. The maximum atomic E-state index is 13.7. The number of nitrogens with zero attached hydrogens (tertiary/aromatic N) is 3. The molecule has 0 saturated heterocycles. The summed E-state index contributed by atoms with van der Waals surface area (Å²) in [6.07, 6.45) is 8.21. The lowest BCUT2D eigenvalue weighted by Crippen LogP contribution is -2.50. The summed E-state index contributed by atoms with van der Waals surface area (Å²) in [5, 5.41) is 17.9. The molecule has 2 aliphatic carbocycles. The van der Waals surface area contributed by atoms with E-state index < -0.39 is 6.04 Å². The van der Waals surface area contributed by atoms with Crippen LogP contribution in [0, 0.1) is 31.6 Å². The Bertz CT molecular complexity index is 1230. The second kappa shape index (κ2) is 10.7. The Morgan fingerprint density at radius 1 is 1.11 bits per heavy atom. The van der Waals surface area contributed by atoms with Crippen LogP contribution in [-0.4, -0.2) is 49.8 Å². The summed E-state index contributed by atoms with van der Waals surface area (Å²) in [5.41, 5.74) is 5.31. The van der Waals surface area contributed by atoms with E-state index in [0.29, 0.717) is 17.5 Å². The van der Waals surface area contributed by atoms with Gasteiger partial charge in [0, 0.05) is 28.9 Å². The predicted molar refractivity (Wildman–Crippen MR) is 148 cm³/mol. The Balaban J connectivity index is 1.35. The molecular formula is C28H36N6O2S. The van der Waals surface area contributed by atoms with E-state index in [1.807, 2.05) is 44.4 Å². The monoisotopic (exact) mass is 520 g/mol. The molecule has 0 bridgehead atoms. The number of aromatic amines is 1. The van der Waals surface area contributed by atoms with Crippen LogP contribution < -0.4 is 10.6 Å². The molecule has 2 heterocycles. The summed E-state index contributed by atoms with van der Waals surface area (Å²) in [6, 6.07) is 9.08.